The quantitative estimate of drug-likeness (QED) is 0.786. The van der Waals surface area contributed by atoms with Gasteiger partial charge in [-0.15, -0.1) is 11.6 Å². The molecular weight excluding hydrogens is 262 g/mol. The Morgan fingerprint density at radius 2 is 1.74 bits per heavy atom. The minimum absolute atomic E-state index is 0.287. The molecule has 1 aromatic rings. The van der Waals surface area contributed by atoms with Gasteiger partial charge in [-0.2, -0.15) is 0 Å². The Morgan fingerprint density at radius 3 is 2.21 bits per heavy atom. The van der Waals surface area contributed by atoms with Crippen molar-refractivity contribution in [3.05, 3.63) is 35.4 Å². The minimum atomic E-state index is -0.451. The lowest BCUT2D eigenvalue weighted by Crippen LogP contribution is -2.35. The zero-order valence-electron chi connectivity index (χ0n) is 12.1. The molecule has 0 fully saturated rings. The van der Waals surface area contributed by atoms with Gasteiger partial charge in [-0.05, 0) is 38.3 Å². The van der Waals surface area contributed by atoms with Gasteiger partial charge in [0.25, 0.3) is 0 Å². The summed E-state index contributed by atoms with van der Waals surface area (Å²) in [5.74, 6) is 0.526. The van der Waals surface area contributed by atoms with Gasteiger partial charge in [-0.3, -0.25) is 0 Å². The lowest BCUT2D eigenvalue weighted by atomic mass is 10.1. The van der Waals surface area contributed by atoms with Gasteiger partial charge in [0.1, 0.15) is 5.60 Å². The molecule has 0 aliphatic carbocycles. The monoisotopic (exact) mass is 283 g/mol. The maximum atomic E-state index is 11.8. The minimum Gasteiger partial charge on any atom is -0.444 e. The molecule has 1 aromatic carbocycles. The first-order valence-electron chi connectivity index (χ1n) is 6.40. The van der Waals surface area contributed by atoms with Crippen LogP contribution in [0.1, 0.15) is 31.9 Å². The average molecular weight is 284 g/mol. The summed E-state index contributed by atoms with van der Waals surface area (Å²) in [6, 6.07) is 8.10. The summed E-state index contributed by atoms with van der Waals surface area (Å²) >= 11 is 5.74. The number of hydrogen-bond acceptors (Lipinski definition) is 2. The molecule has 0 bridgehead atoms. The number of rotatable bonds is 4. The van der Waals surface area contributed by atoms with E-state index in [0.717, 1.165) is 12.0 Å². The molecule has 1 rings (SSSR count). The SMILES string of the molecule is CN(CCc1ccc(CCl)cc1)C(=O)OC(C)(C)C. The summed E-state index contributed by atoms with van der Waals surface area (Å²) in [5.41, 5.74) is 1.84. The molecule has 0 saturated heterocycles. The van der Waals surface area contributed by atoms with Crippen molar-refractivity contribution in [3.63, 3.8) is 0 Å². The number of benzene rings is 1. The topological polar surface area (TPSA) is 29.5 Å². The van der Waals surface area contributed by atoms with Crippen LogP contribution in [-0.2, 0) is 17.0 Å². The Kier molecular flexibility index (Phi) is 5.67. The first-order chi connectivity index (χ1) is 8.81. The Morgan fingerprint density at radius 1 is 1.21 bits per heavy atom. The highest BCUT2D eigenvalue weighted by Gasteiger charge is 2.19. The first-order valence-corrected chi connectivity index (χ1v) is 6.93. The van der Waals surface area contributed by atoms with Crippen molar-refractivity contribution < 1.29 is 9.53 Å². The van der Waals surface area contributed by atoms with Crippen molar-refractivity contribution in [3.8, 4) is 0 Å². The number of nitrogens with zero attached hydrogens (tertiary/aromatic N) is 1. The summed E-state index contributed by atoms with van der Waals surface area (Å²) in [7, 11) is 1.75. The van der Waals surface area contributed by atoms with Crippen LogP contribution in [-0.4, -0.2) is 30.2 Å². The van der Waals surface area contributed by atoms with Crippen LogP contribution in [0, 0.1) is 0 Å². The van der Waals surface area contributed by atoms with E-state index in [-0.39, 0.29) is 6.09 Å². The predicted molar refractivity (Wildman–Crippen MR) is 78.6 cm³/mol. The number of alkyl halides is 1. The second kappa shape index (κ2) is 6.80. The number of carbonyl (C=O) groups is 1. The van der Waals surface area contributed by atoms with Gasteiger partial charge in [0.05, 0.1) is 0 Å². The van der Waals surface area contributed by atoms with Gasteiger partial charge in [0, 0.05) is 19.5 Å². The molecule has 0 N–H and O–H groups in total. The normalized spacial score (nSPS) is 11.2. The zero-order chi connectivity index (χ0) is 14.5. The van der Waals surface area contributed by atoms with Crippen LogP contribution in [0.5, 0.6) is 0 Å². The van der Waals surface area contributed by atoms with Crippen molar-refractivity contribution in [2.45, 2.75) is 38.7 Å². The number of hydrogen-bond donors (Lipinski definition) is 0. The van der Waals surface area contributed by atoms with E-state index in [0.29, 0.717) is 12.4 Å². The fourth-order valence-electron chi connectivity index (χ4n) is 1.52. The number of carbonyl (C=O) groups excluding carboxylic acids is 1. The van der Waals surface area contributed by atoms with Gasteiger partial charge in [0.2, 0.25) is 0 Å². The van der Waals surface area contributed by atoms with E-state index in [9.17, 15) is 4.79 Å². The van der Waals surface area contributed by atoms with Crippen LogP contribution in [0.4, 0.5) is 4.79 Å². The highest BCUT2D eigenvalue weighted by Crippen LogP contribution is 2.11. The van der Waals surface area contributed by atoms with Gasteiger partial charge >= 0.3 is 6.09 Å². The molecule has 19 heavy (non-hydrogen) atoms. The molecule has 0 saturated carbocycles. The fourth-order valence-corrected chi connectivity index (χ4v) is 1.70. The van der Waals surface area contributed by atoms with Crippen molar-refractivity contribution in [2.75, 3.05) is 13.6 Å². The average Bonchev–Trinajstić information content (AvgIpc) is 2.34. The second-order valence-corrected chi connectivity index (χ2v) is 5.87. The van der Waals surface area contributed by atoms with E-state index in [1.807, 2.05) is 45.0 Å². The van der Waals surface area contributed by atoms with Crippen molar-refractivity contribution >= 4 is 17.7 Å². The maximum absolute atomic E-state index is 11.8. The molecular formula is C15H22ClNO2. The lowest BCUT2D eigenvalue weighted by Gasteiger charge is -2.24. The summed E-state index contributed by atoms with van der Waals surface area (Å²) in [4.78, 5) is 13.4. The van der Waals surface area contributed by atoms with Crippen LogP contribution in [0.25, 0.3) is 0 Å². The maximum Gasteiger partial charge on any atom is 0.410 e. The molecule has 106 valence electrons. The Balaban J connectivity index is 2.44. The van der Waals surface area contributed by atoms with Crippen LogP contribution < -0.4 is 0 Å². The van der Waals surface area contributed by atoms with E-state index < -0.39 is 5.60 Å². The lowest BCUT2D eigenvalue weighted by molar-refractivity contribution is 0.0301. The third-order valence-corrected chi connectivity index (χ3v) is 2.93. The smallest absolute Gasteiger partial charge is 0.410 e. The van der Waals surface area contributed by atoms with E-state index >= 15 is 0 Å². The number of halogens is 1. The summed E-state index contributed by atoms with van der Waals surface area (Å²) in [5, 5.41) is 0. The van der Waals surface area contributed by atoms with Crippen LogP contribution >= 0.6 is 11.6 Å². The molecule has 4 heteroatoms. The van der Waals surface area contributed by atoms with Crippen LogP contribution in [0.15, 0.2) is 24.3 Å². The highest BCUT2D eigenvalue weighted by molar-refractivity contribution is 6.17. The summed E-state index contributed by atoms with van der Waals surface area (Å²) in [6.07, 6.45) is 0.517. The molecule has 1 amide bonds. The summed E-state index contributed by atoms with van der Waals surface area (Å²) < 4.78 is 5.29. The molecule has 0 heterocycles. The molecule has 0 atom stereocenters. The molecule has 0 spiro atoms. The largest absolute Gasteiger partial charge is 0.444 e. The number of likely N-dealkylation sites (N-methyl/N-ethyl adjacent to an activating group) is 1. The van der Waals surface area contributed by atoms with E-state index in [1.165, 1.54) is 5.56 Å². The first kappa shape index (κ1) is 15.8. The molecule has 0 aliphatic rings. The molecule has 0 aliphatic heterocycles. The molecule has 3 nitrogen and oxygen atoms in total. The number of ether oxygens (including phenoxy) is 1. The van der Waals surface area contributed by atoms with Gasteiger partial charge in [-0.1, -0.05) is 24.3 Å². The zero-order valence-corrected chi connectivity index (χ0v) is 12.8. The van der Waals surface area contributed by atoms with Gasteiger partial charge in [0.15, 0.2) is 0 Å². The number of amides is 1. The van der Waals surface area contributed by atoms with Gasteiger partial charge in [-0.25, -0.2) is 4.79 Å². The highest BCUT2D eigenvalue weighted by atomic mass is 35.5. The standard InChI is InChI=1S/C15H22ClNO2/c1-15(2,3)19-14(18)17(4)10-9-12-5-7-13(11-16)8-6-12/h5-8H,9-11H2,1-4H3. The second-order valence-electron chi connectivity index (χ2n) is 5.60. The fraction of sp³-hybridized carbons (Fsp3) is 0.533. The molecule has 0 radical (unpaired) electrons. The third kappa shape index (κ3) is 5.97. The van der Waals surface area contributed by atoms with Crippen molar-refractivity contribution in [1.29, 1.82) is 0 Å². The van der Waals surface area contributed by atoms with Crippen LogP contribution in [0.3, 0.4) is 0 Å². The van der Waals surface area contributed by atoms with Crippen LogP contribution in [0.2, 0.25) is 0 Å². The van der Waals surface area contributed by atoms with Crippen molar-refractivity contribution in [2.24, 2.45) is 0 Å². The van der Waals surface area contributed by atoms with E-state index in [2.05, 4.69) is 0 Å². The summed E-state index contributed by atoms with van der Waals surface area (Å²) in [6.45, 7) is 6.23. The van der Waals surface area contributed by atoms with E-state index in [4.69, 9.17) is 16.3 Å². The Labute approximate surface area is 120 Å². The Bertz CT molecular complexity index is 409. The molecule has 0 unspecified atom stereocenters. The molecule has 0 aromatic heterocycles. The van der Waals surface area contributed by atoms with E-state index in [1.54, 1.807) is 11.9 Å². The van der Waals surface area contributed by atoms with Crippen molar-refractivity contribution in [1.82, 2.24) is 4.90 Å². The predicted octanol–water partition coefficient (Wildman–Crippen LogP) is 3.83. The van der Waals surface area contributed by atoms with Gasteiger partial charge < -0.3 is 9.64 Å². The third-order valence-electron chi connectivity index (χ3n) is 2.62. The Hall–Kier alpha value is -1.22.